The molecule has 0 aliphatic carbocycles. The fourth-order valence-corrected chi connectivity index (χ4v) is 9.59. The Hall–Kier alpha value is -7.56. The molecule has 2 heterocycles. The number of rotatable bonds is 7. The van der Waals surface area contributed by atoms with E-state index >= 15 is 0 Å². The zero-order valence-electron chi connectivity index (χ0n) is 35.3. The van der Waals surface area contributed by atoms with Gasteiger partial charge in [0, 0.05) is 45.5 Å². The first-order valence-corrected chi connectivity index (χ1v) is 21.6. The van der Waals surface area contributed by atoms with Crippen molar-refractivity contribution in [2.75, 3.05) is 14.7 Å². The third-order valence-electron chi connectivity index (χ3n) is 12.6. The third-order valence-corrected chi connectivity index (χ3v) is 12.6. The SMILES string of the molecule is CC(C)(C)c1ccc(-c2cccc(N3c4ccccc4B4c5ccc(-c6ccccc6)cc5N(c5ccccc5)c5cc(N(c6ccccc6)c6ccccc6)cc3c54)c2)cc1. The Morgan fingerprint density at radius 2 is 0.839 bits per heavy atom. The molecular formula is C58H46BN3. The Kier molecular flexibility index (Phi) is 9.16. The lowest BCUT2D eigenvalue weighted by atomic mass is 9.33. The molecule has 0 spiro atoms. The van der Waals surface area contributed by atoms with Crippen LogP contribution < -0.4 is 31.1 Å². The molecule has 0 fully saturated rings. The predicted octanol–water partition coefficient (Wildman–Crippen LogP) is 13.9. The van der Waals surface area contributed by atoms with E-state index in [0.29, 0.717) is 0 Å². The van der Waals surface area contributed by atoms with E-state index in [4.69, 9.17) is 0 Å². The van der Waals surface area contributed by atoms with Crippen LogP contribution in [-0.4, -0.2) is 6.71 Å². The van der Waals surface area contributed by atoms with Gasteiger partial charge in [-0.2, -0.15) is 0 Å². The monoisotopic (exact) mass is 795 g/mol. The summed E-state index contributed by atoms with van der Waals surface area (Å²) in [7, 11) is 0. The zero-order chi connectivity index (χ0) is 41.8. The van der Waals surface area contributed by atoms with Crippen LogP contribution in [0.1, 0.15) is 26.3 Å². The number of fused-ring (bicyclic) bond motifs is 4. The Morgan fingerprint density at radius 3 is 1.48 bits per heavy atom. The molecule has 0 radical (unpaired) electrons. The van der Waals surface area contributed by atoms with E-state index in [1.807, 2.05) is 0 Å². The summed E-state index contributed by atoms with van der Waals surface area (Å²) in [4.78, 5) is 7.42. The van der Waals surface area contributed by atoms with Crippen LogP contribution in [0.25, 0.3) is 22.3 Å². The highest BCUT2D eigenvalue weighted by Crippen LogP contribution is 2.48. The van der Waals surface area contributed by atoms with Crippen LogP contribution >= 0.6 is 0 Å². The molecule has 0 atom stereocenters. The summed E-state index contributed by atoms with van der Waals surface area (Å²) in [6.07, 6.45) is 0. The molecule has 0 amide bonds. The second-order valence-corrected chi connectivity index (χ2v) is 17.4. The number of nitrogens with zero attached hydrogens (tertiary/aromatic N) is 3. The summed E-state index contributed by atoms with van der Waals surface area (Å²) < 4.78 is 0. The molecule has 2 aliphatic rings. The van der Waals surface area contributed by atoms with Gasteiger partial charge in [0.25, 0.3) is 6.71 Å². The minimum atomic E-state index is -0.00342. The highest BCUT2D eigenvalue weighted by Gasteiger charge is 2.44. The first-order valence-electron chi connectivity index (χ1n) is 21.6. The molecule has 9 aromatic carbocycles. The van der Waals surface area contributed by atoms with Crippen molar-refractivity contribution in [1.82, 2.24) is 0 Å². The van der Waals surface area contributed by atoms with Gasteiger partial charge in [-0.15, -0.1) is 0 Å². The van der Waals surface area contributed by atoms with Crippen LogP contribution in [0, 0.1) is 0 Å². The van der Waals surface area contributed by atoms with Gasteiger partial charge in [-0.05, 0) is 122 Å². The molecule has 9 aromatic rings. The van der Waals surface area contributed by atoms with E-state index in [0.717, 1.165) is 39.8 Å². The lowest BCUT2D eigenvalue weighted by molar-refractivity contribution is 0.590. The van der Waals surface area contributed by atoms with Crippen molar-refractivity contribution in [2.24, 2.45) is 0 Å². The van der Waals surface area contributed by atoms with E-state index in [-0.39, 0.29) is 12.1 Å². The highest BCUT2D eigenvalue weighted by molar-refractivity contribution is 7.00. The fourth-order valence-electron chi connectivity index (χ4n) is 9.59. The van der Waals surface area contributed by atoms with Crippen molar-refractivity contribution in [2.45, 2.75) is 26.2 Å². The maximum absolute atomic E-state index is 2.52. The van der Waals surface area contributed by atoms with Crippen LogP contribution in [0.15, 0.2) is 224 Å². The largest absolute Gasteiger partial charge is 0.311 e. The molecule has 0 aromatic heterocycles. The van der Waals surface area contributed by atoms with Gasteiger partial charge in [-0.1, -0.05) is 172 Å². The number of para-hydroxylation sites is 4. The Bertz CT molecular complexity index is 3010. The molecule has 2 aliphatic heterocycles. The van der Waals surface area contributed by atoms with Crippen molar-refractivity contribution in [1.29, 1.82) is 0 Å². The van der Waals surface area contributed by atoms with Gasteiger partial charge in [-0.3, -0.25) is 0 Å². The van der Waals surface area contributed by atoms with E-state index in [1.165, 1.54) is 55.6 Å². The molecule has 0 saturated heterocycles. The lowest BCUT2D eigenvalue weighted by Crippen LogP contribution is -2.61. The molecule has 0 unspecified atom stereocenters. The zero-order valence-corrected chi connectivity index (χ0v) is 35.3. The van der Waals surface area contributed by atoms with E-state index < -0.39 is 0 Å². The molecule has 4 heteroatoms. The van der Waals surface area contributed by atoms with Crippen molar-refractivity contribution >= 4 is 74.3 Å². The highest BCUT2D eigenvalue weighted by atomic mass is 15.2. The van der Waals surface area contributed by atoms with Crippen molar-refractivity contribution in [3.8, 4) is 22.3 Å². The molecule has 296 valence electrons. The van der Waals surface area contributed by atoms with Gasteiger partial charge in [-0.25, -0.2) is 0 Å². The maximum Gasteiger partial charge on any atom is 0.252 e. The van der Waals surface area contributed by atoms with Crippen LogP contribution in [0.5, 0.6) is 0 Å². The standard InChI is InChI=1S/C58H46BN3/c1-58(2,3)45-34-31-42(32-35-45)43-21-18-28-49(37-43)62-53-30-17-16-29-51(53)59-52-36-33-44(41-19-8-4-9-20-41)38-54(52)61(48-26-14-7-15-27-48)55-39-50(40-56(62)57(55)59)60(46-22-10-5-11-23-46)47-24-12-6-13-25-47/h4-40H,1-3H3. The summed E-state index contributed by atoms with van der Waals surface area (Å²) in [6.45, 7) is 6.81. The van der Waals surface area contributed by atoms with Crippen LogP contribution in [0.3, 0.4) is 0 Å². The second kappa shape index (κ2) is 15.2. The fraction of sp³-hybridized carbons (Fsp3) is 0.0690. The van der Waals surface area contributed by atoms with Crippen molar-refractivity contribution < 1.29 is 0 Å². The smallest absolute Gasteiger partial charge is 0.252 e. The summed E-state index contributed by atoms with van der Waals surface area (Å²) >= 11 is 0. The van der Waals surface area contributed by atoms with Gasteiger partial charge >= 0.3 is 0 Å². The number of anilines is 9. The number of benzene rings is 9. The van der Waals surface area contributed by atoms with E-state index in [1.54, 1.807) is 0 Å². The predicted molar refractivity (Wildman–Crippen MR) is 265 cm³/mol. The summed E-state index contributed by atoms with van der Waals surface area (Å²) in [5.41, 5.74) is 20.3. The third kappa shape index (κ3) is 6.47. The lowest BCUT2D eigenvalue weighted by Gasteiger charge is -2.45. The quantitative estimate of drug-likeness (QED) is 0.149. The normalized spacial score (nSPS) is 12.7. The summed E-state index contributed by atoms with van der Waals surface area (Å²) in [5, 5.41) is 0. The Balaban J connectivity index is 1.21. The average Bonchev–Trinajstić information content (AvgIpc) is 3.32. The summed E-state index contributed by atoms with van der Waals surface area (Å²) in [5.74, 6) is 0. The van der Waals surface area contributed by atoms with Gasteiger partial charge < -0.3 is 14.7 Å². The molecule has 0 N–H and O–H groups in total. The van der Waals surface area contributed by atoms with Crippen LogP contribution in [0.4, 0.5) is 51.2 Å². The Labute approximate surface area is 365 Å². The second-order valence-electron chi connectivity index (χ2n) is 17.4. The molecule has 3 nitrogen and oxygen atoms in total. The van der Waals surface area contributed by atoms with Crippen LogP contribution in [-0.2, 0) is 5.41 Å². The minimum absolute atomic E-state index is 0.00342. The van der Waals surface area contributed by atoms with Gasteiger partial charge in [0.05, 0.1) is 5.69 Å². The summed E-state index contributed by atoms with van der Waals surface area (Å²) in [6, 6.07) is 82.4. The minimum Gasteiger partial charge on any atom is -0.311 e. The van der Waals surface area contributed by atoms with E-state index in [2.05, 4.69) is 260 Å². The van der Waals surface area contributed by atoms with Crippen molar-refractivity contribution in [3.63, 3.8) is 0 Å². The molecule has 62 heavy (non-hydrogen) atoms. The average molecular weight is 796 g/mol. The first-order chi connectivity index (χ1) is 30.4. The van der Waals surface area contributed by atoms with Gasteiger partial charge in [0.2, 0.25) is 0 Å². The number of hydrogen-bond acceptors (Lipinski definition) is 3. The topological polar surface area (TPSA) is 9.72 Å². The van der Waals surface area contributed by atoms with Gasteiger partial charge in [0.1, 0.15) is 0 Å². The molecular weight excluding hydrogens is 749 g/mol. The maximum atomic E-state index is 2.52. The first kappa shape index (κ1) is 37.4. The van der Waals surface area contributed by atoms with Crippen molar-refractivity contribution in [3.05, 3.63) is 230 Å². The van der Waals surface area contributed by atoms with Gasteiger partial charge in [0.15, 0.2) is 0 Å². The molecule has 0 bridgehead atoms. The molecule has 0 saturated carbocycles. The Morgan fingerprint density at radius 1 is 0.355 bits per heavy atom. The number of hydrogen-bond donors (Lipinski definition) is 0. The van der Waals surface area contributed by atoms with E-state index in [9.17, 15) is 0 Å². The van der Waals surface area contributed by atoms with Crippen LogP contribution in [0.2, 0.25) is 0 Å². The molecule has 11 rings (SSSR count).